The van der Waals surface area contributed by atoms with Crippen molar-refractivity contribution in [1.29, 1.82) is 0 Å². The van der Waals surface area contributed by atoms with Crippen LogP contribution in [0.25, 0.3) is 0 Å². The number of aliphatic carboxylic acids is 1. The second kappa shape index (κ2) is 8.44. The normalized spacial score (nSPS) is 22.3. The van der Waals surface area contributed by atoms with Gasteiger partial charge in [0.2, 0.25) is 5.91 Å². The Kier molecular flexibility index (Phi) is 6.33. The Morgan fingerprint density at radius 3 is 2.79 bits per heavy atom. The molecule has 0 spiro atoms. The lowest BCUT2D eigenvalue weighted by Crippen LogP contribution is -2.62. The van der Waals surface area contributed by atoms with E-state index >= 15 is 0 Å². The van der Waals surface area contributed by atoms with E-state index < -0.39 is 40.3 Å². The van der Waals surface area contributed by atoms with Gasteiger partial charge in [0, 0.05) is 23.6 Å². The number of rotatable bonds is 9. The lowest BCUT2D eigenvalue weighted by Gasteiger charge is -2.45. The van der Waals surface area contributed by atoms with Crippen LogP contribution in [0.4, 0.5) is 0 Å². The highest BCUT2D eigenvalue weighted by atomic mass is 32.3. The molecule has 2 amide bonds. The zero-order valence-corrected chi connectivity index (χ0v) is 17.6. The number of hydrogen-bond donors (Lipinski definition) is 3. The Morgan fingerprint density at radius 1 is 1.48 bits per heavy atom. The van der Waals surface area contributed by atoms with Gasteiger partial charge in [0.05, 0.1) is 22.9 Å². The zero-order valence-electron chi connectivity index (χ0n) is 15.1. The fourth-order valence-electron chi connectivity index (χ4n) is 3.43. The maximum atomic E-state index is 12.4. The molecule has 1 saturated heterocycles. The van der Waals surface area contributed by atoms with Crippen LogP contribution in [0.15, 0.2) is 28.1 Å². The predicted molar refractivity (Wildman–Crippen MR) is 105 cm³/mol. The highest BCUT2D eigenvalue weighted by Gasteiger charge is 2.57. The quantitative estimate of drug-likeness (QED) is 0.277. The summed E-state index contributed by atoms with van der Waals surface area (Å²) < 4.78 is 35.1. The summed E-state index contributed by atoms with van der Waals surface area (Å²) in [5, 5.41) is 14.0. The molecule has 0 bridgehead atoms. The number of β-lactam (4-membered cyclic amide) rings is 1. The van der Waals surface area contributed by atoms with Gasteiger partial charge in [-0.05, 0) is 18.4 Å². The van der Waals surface area contributed by atoms with E-state index in [1.165, 1.54) is 30.0 Å². The van der Waals surface area contributed by atoms with Crippen molar-refractivity contribution in [3.05, 3.63) is 33.0 Å². The number of fused-ring (bicyclic) bond motifs is 1. The van der Waals surface area contributed by atoms with E-state index in [9.17, 15) is 27.9 Å². The first-order valence-electron chi connectivity index (χ1n) is 8.50. The molecule has 0 unspecified atom stereocenters. The summed E-state index contributed by atoms with van der Waals surface area (Å²) in [6.45, 7) is 1.64. The van der Waals surface area contributed by atoms with Crippen LogP contribution in [-0.2, 0) is 24.2 Å². The molecule has 0 aromatic carbocycles. The fraction of sp³-hybridized carbons (Fsp3) is 0.438. The van der Waals surface area contributed by atoms with E-state index in [2.05, 4.69) is 9.50 Å². The maximum Gasteiger partial charge on any atom is 0.397 e. The Labute approximate surface area is 174 Å². The molecule has 0 radical (unpaired) electrons. The minimum atomic E-state index is -4.73. The minimum Gasteiger partial charge on any atom is -0.477 e. The van der Waals surface area contributed by atoms with Gasteiger partial charge in [-0.2, -0.15) is 8.42 Å². The Hall–Kier alpha value is -1.93. The van der Waals surface area contributed by atoms with Crippen LogP contribution >= 0.6 is 23.1 Å². The summed E-state index contributed by atoms with van der Waals surface area (Å²) in [7, 11) is -4.73. The Balaban J connectivity index is 1.60. The molecule has 1 aromatic rings. The van der Waals surface area contributed by atoms with E-state index in [1.54, 1.807) is 17.5 Å². The highest BCUT2D eigenvalue weighted by Crippen LogP contribution is 2.47. The first-order valence-corrected chi connectivity index (χ1v) is 11.7. The lowest BCUT2D eigenvalue weighted by atomic mass is 9.83. The van der Waals surface area contributed by atoms with Crippen LogP contribution in [0, 0.1) is 5.92 Å². The number of thioether (sulfide) groups is 1. The number of carbonyl (C=O) groups is 3. The zero-order chi connectivity index (χ0) is 21.3. The van der Waals surface area contributed by atoms with Crippen LogP contribution < -0.4 is 5.32 Å². The highest BCUT2D eigenvalue weighted by molar-refractivity contribution is 8.03. The van der Waals surface area contributed by atoms with Crippen molar-refractivity contribution in [2.45, 2.75) is 25.5 Å². The molecule has 0 aliphatic carbocycles. The number of nitrogens with one attached hydrogen (secondary N) is 1. The average Bonchev–Trinajstić information content (AvgIpc) is 3.23. The van der Waals surface area contributed by atoms with Crippen LogP contribution in [-0.4, -0.2) is 65.2 Å². The number of hydrogen-bond acceptors (Lipinski definition) is 8. The van der Waals surface area contributed by atoms with E-state index in [1.807, 2.05) is 0 Å². The molecule has 13 heteroatoms. The van der Waals surface area contributed by atoms with E-state index in [0.717, 1.165) is 4.90 Å². The van der Waals surface area contributed by atoms with Crippen molar-refractivity contribution in [1.82, 2.24) is 10.2 Å². The molecule has 0 saturated carbocycles. The fourth-order valence-corrected chi connectivity index (χ4v) is 5.64. The molecule has 10 nitrogen and oxygen atoms in total. The van der Waals surface area contributed by atoms with Crippen LogP contribution in [0.5, 0.6) is 0 Å². The number of carbonyl (C=O) groups excluding carboxylic acids is 2. The smallest absolute Gasteiger partial charge is 0.397 e. The largest absolute Gasteiger partial charge is 0.477 e. The SMILES string of the molecule is C[C@H](OS(=O)(=O)O)[C@@H]1C(=O)N2C(C(=O)O)=C(SCCNC(=O)c3cccs3)C[C@H]12. The van der Waals surface area contributed by atoms with Gasteiger partial charge in [0.25, 0.3) is 5.91 Å². The molecule has 2 aliphatic rings. The lowest BCUT2D eigenvalue weighted by molar-refractivity contribution is -0.160. The molecule has 3 heterocycles. The molecule has 3 rings (SSSR count). The molecule has 158 valence electrons. The van der Waals surface area contributed by atoms with Crippen LogP contribution in [0.2, 0.25) is 0 Å². The summed E-state index contributed by atoms with van der Waals surface area (Å²) in [6.07, 6.45) is -0.885. The van der Waals surface area contributed by atoms with Gasteiger partial charge in [-0.15, -0.1) is 23.1 Å². The third-order valence-electron chi connectivity index (χ3n) is 4.56. The number of amides is 2. The van der Waals surface area contributed by atoms with Gasteiger partial charge in [-0.3, -0.25) is 14.1 Å². The van der Waals surface area contributed by atoms with Crippen LogP contribution in [0.1, 0.15) is 23.0 Å². The van der Waals surface area contributed by atoms with E-state index in [-0.39, 0.29) is 18.0 Å². The first kappa shape index (κ1) is 21.8. The van der Waals surface area contributed by atoms with Crippen molar-refractivity contribution in [3.63, 3.8) is 0 Å². The first-order chi connectivity index (χ1) is 13.6. The van der Waals surface area contributed by atoms with Crippen molar-refractivity contribution in [2.24, 2.45) is 5.92 Å². The van der Waals surface area contributed by atoms with Gasteiger partial charge in [0.1, 0.15) is 5.70 Å². The molecule has 2 aliphatic heterocycles. The molecular weight excluding hydrogens is 444 g/mol. The number of thiophene rings is 1. The van der Waals surface area contributed by atoms with Gasteiger partial charge < -0.3 is 15.3 Å². The third-order valence-corrected chi connectivity index (χ3v) is 7.09. The van der Waals surface area contributed by atoms with Crippen molar-refractivity contribution in [3.8, 4) is 0 Å². The van der Waals surface area contributed by atoms with Gasteiger partial charge in [-0.25, -0.2) is 8.98 Å². The monoisotopic (exact) mass is 462 g/mol. The molecule has 29 heavy (non-hydrogen) atoms. The summed E-state index contributed by atoms with van der Waals surface area (Å²) in [6, 6.07) is 2.91. The molecule has 1 fully saturated rings. The summed E-state index contributed by atoms with van der Waals surface area (Å²) in [5.41, 5.74) is -0.134. The van der Waals surface area contributed by atoms with Crippen molar-refractivity contribution < 1.29 is 36.6 Å². The number of carboxylic acid groups (broad SMARTS) is 1. The second-order valence-corrected chi connectivity index (χ2v) is 9.58. The van der Waals surface area contributed by atoms with Crippen LogP contribution in [0.3, 0.4) is 0 Å². The molecule has 3 atom stereocenters. The summed E-state index contributed by atoms with van der Waals surface area (Å²) in [4.78, 5) is 38.1. The Morgan fingerprint density at radius 2 is 2.21 bits per heavy atom. The van der Waals surface area contributed by atoms with E-state index in [0.29, 0.717) is 22.1 Å². The van der Waals surface area contributed by atoms with Gasteiger partial charge in [0.15, 0.2) is 0 Å². The van der Waals surface area contributed by atoms with Crippen molar-refractivity contribution in [2.75, 3.05) is 12.3 Å². The van der Waals surface area contributed by atoms with E-state index in [4.69, 9.17) is 4.55 Å². The topological polar surface area (TPSA) is 150 Å². The van der Waals surface area contributed by atoms with Gasteiger partial charge in [-0.1, -0.05) is 6.07 Å². The average molecular weight is 463 g/mol. The maximum absolute atomic E-state index is 12.4. The standard InChI is InChI=1S/C16H18N2O8S3/c1-8(26-29(23,24)25)12-9-7-11(13(16(21)22)18(9)15(12)20)28-6-4-17-14(19)10-3-2-5-27-10/h2-3,5,8-9,12H,4,6-7H2,1H3,(H,17,19)(H,21,22)(H,23,24,25)/t8-,9+,12-/m0/s1. The number of nitrogens with zero attached hydrogens (tertiary/aromatic N) is 1. The minimum absolute atomic E-state index is 0.134. The third kappa shape index (κ3) is 4.64. The second-order valence-electron chi connectivity index (χ2n) is 6.39. The van der Waals surface area contributed by atoms with Gasteiger partial charge >= 0.3 is 16.4 Å². The molecule has 3 N–H and O–H groups in total. The molecular formula is C16H18N2O8S3. The van der Waals surface area contributed by atoms with Crippen molar-refractivity contribution >= 4 is 51.3 Å². The summed E-state index contributed by atoms with van der Waals surface area (Å²) >= 11 is 2.53. The molecule has 1 aromatic heterocycles. The number of carboxylic acids is 1. The summed E-state index contributed by atoms with van der Waals surface area (Å²) in [5.74, 6) is -2.50. The Bertz CT molecular complexity index is 957. The predicted octanol–water partition coefficient (Wildman–Crippen LogP) is 0.946.